The second-order valence-corrected chi connectivity index (χ2v) is 4.78. The van der Waals surface area contributed by atoms with E-state index in [9.17, 15) is 9.59 Å². The summed E-state index contributed by atoms with van der Waals surface area (Å²) in [5.74, 6) is -1.01. The second-order valence-electron chi connectivity index (χ2n) is 4.78. The summed E-state index contributed by atoms with van der Waals surface area (Å²) in [7, 11) is 0. The van der Waals surface area contributed by atoms with Crippen LogP contribution in [0.2, 0.25) is 0 Å². The van der Waals surface area contributed by atoms with E-state index in [1.165, 1.54) is 12.1 Å². The van der Waals surface area contributed by atoms with Crippen LogP contribution in [0.1, 0.15) is 35.6 Å². The fraction of sp³-hybridized carbons (Fsp3) is 0.571. The highest BCUT2D eigenvalue weighted by molar-refractivity contribution is 5.84. The third kappa shape index (κ3) is 5.20. The molecule has 1 aliphatic heterocycles. The minimum absolute atomic E-state index is 0.137. The Balaban J connectivity index is 1.61. The van der Waals surface area contributed by atoms with Crippen molar-refractivity contribution in [2.24, 2.45) is 0 Å². The normalized spacial score (nSPS) is 15.8. The zero-order chi connectivity index (χ0) is 15.1. The van der Waals surface area contributed by atoms with E-state index in [0.29, 0.717) is 25.6 Å². The van der Waals surface area contributed by atoms with Crippen LogP contribution in [0.25, 0.3) is 0 Å². The molecule has 1 aromatic heterocycles. The monoisotopic (exact) mass is 297 g/mol. The number of carboxylic acids is 1. The zero-order valence-corrected chi connectivity index (χ0v) is 11.7. The lowest BCUT2D eigenvalue weighted by Crippen LogP contribution is -2.27. The molecule has 7 nitrogen and oxygen atoms in total. The maximum Gasteiger partial charge on any atom is 0.371 e. The average Bonchev–Trinajstić information content (AvgIpc) is 2.95. The van der Waals surface area contributed by atoms with Gasteiger partial charge in [-0.15, -0.1) is 0 Å². The Morgan fingerprint density at radius 1 is 1.33 bits per heavy atom. The Morgan fingerprint density at radius 2 is 2.10 bits per heavy atom. The van der Waals surface area contributed by atoms with E-state index in [1.807, 2.05) is 0 Å². The molecule has 116 valence electrons. The molecule has 0 radical (unpaired) electrons. The molecule has 0 aromatic carbocycles. The maximum absolute atomic E-state index is 11.6. The van der Waals surface area contributed by atoms with Crippen LogP contribution >= 0.6 is 0 Å². The molecule has 0 saturated carbocycles. The summed E-state index contributed by atoms with van der Waals surface area (Å²) in [6.45, 7) is 1.96. The minimum atomic E-state index is -1.13. The number of hydrogen-bond acceptors (Lipinski definition) is 5. The highest BCUT2D eigenvalue weighted by Crippen LogP contribution is 2.11. The zero-order valence-electron chi connectivity index (χ0n) is 11.7. The van der Waals surface area contributed by atoms with Gasteiger partial charge < -0.3 is 24.3 Å². The molecule has 1 saturated heterocycles. The van der Waals surface area contributed by atoms with Crippen molar-refractivity contribution in [3.63, 3.8) is 0 Å². The Hall–Kier alpha value is -1.86. The lowest BCUT2D eigenvalue weighted by molar-refractivity contribution is -0.123. The van der Waals surface area contributed by atoms with Crippen LogP contribution in [-0.2, 0) is 20.8 Å². The smallest absolute Gasteiger partial charge is 0.371 e. The highest BCUT2D eigenvalue weighted by atomic mass is 16.5. The van der Waals surface area contributed by atoms with Gasteiger partial charge in [-0.1, -0.05) is 0 Å². The number of amides is 1. The van der Waals surface area contributed by atoms with E-state index in [-0.39, 0.29) is 30.7 Å². The molecular formula is C14H19NO6. The van der Waals surface area contributed by atoms with E-state index in [1.54, 1.807) is 0 Å². The van der Waals surface area contributed by atoms with Crippen LogP contribution < -0.4 is 5.32 Å². The molecule has 1 aliphatic rings. The molecule has 0 unspecified atom stereocenters. The van der Waals surface area contributed by atoms with Crippen molar-refractivity contribution in [2.75, 3.05) is 19.8 Å². The summed E-state index contributed by atoms with van der Waals surface area (Å²) in [5, 5.41) is 11.4. The molecule has 1 aromatic rings. The Labute approximate surface area is 122 Å². The van der Waals surface area contributed by atoms with Gasteiger partial charge in [0.15, 0.2) is 0 Å². The second kappa shape index (κ2) is 7.80. The molecule has 2 N–H and O–H groups in total. The summed E-state index contributed by atoms with van der Waals surface area (Å²) in [6.07, 6.45) is 2.18. The van der Waals surface area contributed by atoms with Crippen molar-refractivity contribution in [1.29, 1.82) is 0 Å². The summed E-state index contributed by atoms with van der Waals surface area (Å²) in [5.41, 5.74) is 0. The fourth-order valence-electron chi connectivity index (χ4n) is 2.02. The number of carbonyl (C=O) groups is 2. The van der Waals surface area contributed by atoms with E-state index in [2.05, 4.69) is 5.32 Å². The number of furan rings is 1. The molecule has 7 heteroatoms. The van der Waals surface area contributed by atoms with Crippen LogP contribution in [-0.4, -0.2) is 42.9 Å². The third-order valence-corrected chi connectivity index (χ3v) is 3.18. The topological polar surface area (TPSA) is 98.0 Å². The summed E-state index contributed by atoms with van der Waals surface area (Å²) >= 11 is 0. The Morgan fingerprint density at radius 3 is 2.76 bits per heavy atom. The van der Waals surface area contributed by atoms with Gasteiger partial charge in [0.2, 0.25) is 11.7 Å². The fourth-order valence-corrected chi connectivity index (χ4v) is 2.02. The van der Waals surface area contributed by atoms with Crippen molar-refractivity contribution in [1.82, 2.24) is 5.32 Å². The molecule has 0 aliphatic carbocycles. The maximum atomic E-state index is 11.6. The molecule has 0 bridgehead atoms. The van der Waals surface area contributed by atoms with Crippen LogP contribution in [0.4, 0.5) is 0 Å². The summed E-state index contributed by atoms with van der Waals surface area (Å²) < 4.78 is 15.9. The third-order valence-electron chi connectivity index (χ3n) is 3.18. The van der Waals surface area contributed by atoms with E-state index in [0.717, 1.165) is 12.8 Å². The molecule has 0 spiro atoms. The predicted octanol–water partition coefficient (Wildman–Crippen LogP) is 1.18. The molecule has 0 atom stereocenters. The van der Waals surface area contributed by atoms with Gasteiger partial charge in [-0.2, -0.15) is 0 Å². The summed E-state index contributed by atoms with van der Waals surface area (Å²) in [6, 6.07) is 2.89. The first kappa shape index (κ1) is 15.5. The van der Waals surface area contributed by atoms with Crippen LogP contribution in [0.5, 0.6) is 0 Å². The molecule has 21 heavy (non-hydrogen) atoms. The summed E-state index contributed by atoms with van der Waals surface area (Å²) in [4.78, 5) is 22.3. The first-order chi connectivity index (χ1) is 10.1. The number of ether oxygens (including phenoxy) is 2. The lowest BCUT2D eigenvalue weighted by Gasteiger charge is -2.22. The number of aromatic carboxylic acids is 1. The number of rotatable bonds is 7. The van der Waals surface area contributed by atoms with E-state index >= 15 is 0 Å². The molecule has 1 amide bonds. The van der Waals surface area contributed by atoms with Crippen LogP contribution in [0, 0.1) is 0 Å². The lowest BCUT2D eigenvalue weighted by atomic mass is 10.1. The first-order valence-electron chi connectivity index (χ1n) is 6.93. The predicted molar refractivity (Wildman–Crippen MR) is 71.9 cm³/mol. The molecule has 2 heterocycles. The van der Waals surface area contributed by atoms with E-state index in [4.69, 9.17) is 19.0 Å². The molecular weight excluding hydrogens is 278 g/mol. The standard InChI is InChI=1S/C14H19NO6/c16-13(5-8-20-10-3-6-19-7-4-10)15-9-11-1-2-12(21-11)14(17)18/h1-2,10H,3-9H2,(H,15,16)(H,17,18). The van der Waals surface area contributed by atoms with Gasteiger partial charge in [0.05, 0.1) is 19.3 Å². The number of hydrogen-bond donors (Lipinski definition) is 2. The van der Waals surface area contributed by atoms with Crippen LogP contribution in [0.15, 0.2) is 16.5 Å². The number of carboxylic acid groups (broad SMARTS) is 1. The average molecular weight is 297 g/mol. The van der Waals surface area contributed by atoms with E-state index < -0.39 is 5.97 Å². The molecule has 1 fully saturated rings. The quantitative estimate of drug-likeness (QED) is 0.784. The minimum Gasteiger partial charge on any atom is -0.475 e. The van der Waals surface area contributed by atoms with Crippen molar-refractivity contribution in [3.05, 3.63) is 23.7 Å². The van der Waals surface area contributed by atoms with Gasteiger partial charge in [-0.3, -0.25) is 4.79 Å². The van der Waals surface area contributed by atoms with Gasteiger partial charge in [-0.05, 0) is 25.0 Å². The first-order valence-corrected chi connectivity index (χ1v) is 6.93. The Bertz CT molecular complexity index is 478. The number of carbonyl (C=O) groups excluding carboxylic acids is 1. The van der Waals surface area contributed by atoms with Crippen molar-refractivity contribution in [2.45, 2.75) is 31.9 Å². The van der Waals surface area contributed by atoms with Gasteiger partial charge in [0.1, 0.15) is 5.76 Å². The Kier molecular flexibility index (Phi) is 5.77. The van der Waals surface area contributed by atoms with Crippen LogP contribution in [0.3, 0.4) is 0 Å². The highest BCUT2D eigenvalue weighted by Gasteiger charge is 2.14. The number of nitrogens with one attached hydrogen (secondary N) is 1. The van der Waals surface area contributed by atoms with Gasteiger partial charge in [0, 0.05) is 19.6 Å². The van der Waals surface area contributed by atoms with Crippen molar-refractivity contribution >= 4 is 11.9 Å². The van der Waals surface area contributed by atoms with Crippen molar-refractivity contribution in [3.8, 4) is 0 Å². The largest absolute Gasteiger partial charge is 0.475 e. The van der Waals surface area contributed by atoms with Gasteiger partial charge in [-0.25, -0.2) is 4.79 Å². The van der Waals surface area contributed by atoms with Crippen molar-refractivity contribution < 1.29 is 28.6 Å². The van der Waals surface area contributed by atoms with Gasteiger partial charge >= 0.3 is 5.97 Å². The molecule has 2 rings (SSSR count). The SMILES string of the molecule is O=C(CCOC1CCOCC1)NCc1ccc(C(=O)O)o1. The van der Waals surface area contributed by atoms with Gasteiger partial charge in [0.25, 0.3) is 0 Å².